The summed E-state index contributed by atoms with van der Waals surface area (Å²) in [6.07, 6.45) is 3.79. The van der Waals surface area contributed by atoms with Gasteiger partial charge in [-0.3, -0.25) is 4.68 Å². The molecule has 0 aliphatic heterocycles. The van der Waals surface area contributed by atoms with Gasteiger partial charge in [0.1, 0.15) is 0 Å². The molecule has 1 aromatic heterocycles. The van der Waals surface area contributed by atoms with E-state index in [0.717, 1.165) is 18.1 Å². The Kier molecular flexibility index (Phi) is 6.21. The Bertz CT molecular complexity index is 374. The highest BCUT2D eigenvalue weighted by atomic mass is 16.5. The second-order valence-corrected chi connectivity index (χ2v) is 4.22. The lowest BCUT2D eigenvalue weighted by atomic mass is 10.3. The van der Waals surface area contributed by atoms with E-state index >= 15 is 0 Å². The SMILES string of the molecule is CCNC(=NCc1cnn(C)c1)NC(C)COC. The van der Waals surface area contributed by atoms with Gasteiger partial charge in [0.25, 0.3) is 0 Å². The maximum atomic E-state index is 5.09. The van der Waals surface area contributed by atoms with E-state index in [2.05, 4.69) is 27.6 Å². The van der Waals surface area contributed by atoms with Crippen molar-refractivity contribution in [3.8, 4) is 0 Å². The first-order valence-corrected chi connectivity index (χ1v) is 6.17. The molecule has 0 saturated heterocycles. The number of guanidine groups is 1. The van der Waals surface area contributed by atoms with Crippen LogP contribution in [0.15, 0.2) is 17.4 Å². The second-order valence-electron chi connectivity index (χ2n) is 4.22. The summed E-state index contributed by atoms with van der Waals surface area (Å²) in [5, 5.41) is 10.6. The van der Waals surface area contributed by atoms with Gasteiger partial charge in [-0.25, -0.2) is 4.99 Å². The fourth-order valence-electron chi connectivity index (χ4n) is 1.57. The van der Waals surface area contributed by atoms with Crippen LogP contribution in [0, 0.1) is 0 Å². The minimum absolute atomic E-state index is 0.224. The van der Waals surface area contributed by atoms with E-state index in [1.165, 1.54) is 0 Å². The van der Waals surface area contributed by atoms with E-state index in [1.54, 1.807) is 11.8 Å². The van der Waals surface area contributed by atoms with Crippen molar-refractivity contribution in [2.45, 2.75) is 26.4 Å². The van der Waals surface area contributed by atoms with E-state index < -0.39 is 0 Å². The molecule has 0 aromatic carbocycles. The van der Waals surface area contributed by atoms with E-state index in [9.17, 15) is 0 Å². The number of hydrogen-bond donors (Lipinski definition) is 2. The zero-order chi connectivity index (χ0) is 13.4. The molecular formula is C12H23N5O. The van der Waals surface area contributed by atoms with Gasteiger partial charge in [0, 0.05) is 38.5 Å². The van der Waals surface area contributed by atoms with Gasteiger partial charge in [-0.2, -0.15) is 5.10 Å². The number of nitrogens with zero attached hydrogens (tertiary/aromatic N) is 3. The van der Waals surface area contributed by atoms with Crippen molar-refractivity contribution in [1.82, 2.24) is 20.4 Å². The quantitative estimate of drug-likeness (QED) is 0.573. The van der Waals surface area contributed by atoms with Gasteiger partial charge in [-0.15, -0.1) is 0 Å². The number of aromatic nitrogens is 2. The Morgan fingerprint density at radius 1 is 1.61 bits per heavy atom. The van der Waals surface area contributed by atoms with Gasteiger partial charge in [0.05, 0.1) is 19.3 Å². The smallest absolute Gasteiger partial charge is 0.191 e. The van der Waals surface area contributed by atoms with Gasteiger partial charge >= 0.3 is 0 Å². The molecule has 0 radical (unpaired) electrons. The molecule has 102 valence electrons. The Morgan fingerprint density at radius 2 is 2.39 bits per heavy atom. The molecule has 18 heavy (non-hydrogen) atoms. The third-order valence-electron chi connectivity index (χ3n) is 2.32. The summed E-state index contributed by atoms with van der Waals surface area (Å²) in [7, 11) is 3.59. The van der Waals surface area contributed by atoms with Crippen LogP contribution in [-0.2, 0) is 18.3 Å². The molecule has 0 amide bonds. The summed E-state index contributed by atoms with van der Waals surface area (Å²) in [4.78, 5) is 4.50. The topological polar surface area (TPSA) is 63.5 Å². The summed E-state index contributed by atoms with van der Waals surface area (Å²) in [5.41, 5.74) is 1.09. The molecule has 1 aromatic rings. The Labute approximate surface area is 108 Å². The standard InChI is InChI=1S/C12H23N5O/c1-5-13-12(16-10(2)9-18-4)14-6-11-7-15-17(3)8-11/h7-8,10H,5-6,9H2,1-4H3,(H2,13,14,16). The molecule has 1 unspecified atom stereocenters. The van der Waals surface area contributed by atoms with Gasteiger partial charge in [-0.1, -0.05) is 0 Å². The minimum Gasteiger partial charge on any atom is -0.383 e. The van der Waals surface area contributed by atoms with Crippen molar-refractivity contribution >= 4 is 5.96 Å². The molecule has 1 heterocycles. The summed E-state index contributed by atoms with van der Waals surface area (Å²) in [5.74, 6) is 0.797. The van der Waals surface area contributed by atoms with Crippen molar-refractivity contribution < 1.29 is 4.74 Å². The molecule has 6 heteroatoms. The number of hydrogen-bond acceptors (Lipinski definition) is 3. The van der Waals surface area contributed by atoms with Crippen molar-refractivity contribution in [3.63, 3.8) is 0 Å². The average molecular weight is 253 g/mol. The molecule has 0 fully saturated rings. The van der Waals surface area contributed by atoms with Gasteiger partial charge < -0.3 is 15.4 Å². The molecular weight excluding hydrogens is 230 g/mol. The summed E-state index contributed by atoms with van der Waals surface area (Å²) < 4.78 is 6.87. The normalized spacial score (nSPS) is 13.4. The predicted octanol–water partition coefficient (Wildman–Crippen LogP) is 0.510. The van der Waals surface area contributed by atoms with Crippen molar-refractivity contribution in [2.75, 3.05) is 20.3 Å². The Balaban J connectivity index is 2.54. The molecule has 0 aliphatic rings. The maximum absolute atomic E-state index is 5.09. The van der Waals surface area contributed by atoms with Crippen LogP contribution < -0.4 is 10.6 Å². The first kappa shape index (κ1) is 14.5. The highest BCUT2D eigenvalue weighted by Crippen LogP contribution is 1.98. The maximum Gasteiger partial charge on any atom is 0.191 e. The van der Waals surface area contributed by atoms with Crippen molar-refractivity contribution in [1.29, 1.82) is 0 Å². The number of rotatable bonds is 6. The molecule has 0 saturated carbocycles. The first-order chi connectivity index (χ1) is 8.65. The summed E-state index contributed by atoms with van der Waals surface area (Å²) in [6.45, 7) is 6.20. The highest BCUT2D eigenvalue weighted by molar-refractivity contribution is 5.80. The molecule has 0 spiro atoms. The molecule has 1 atom stereocenters. The van der Waals surface area contributed by atoms with Crippen LogP contribution >= 0.6 is 0 Å². The average Bonchev–Trinajstić information content (AvgIpc) is 2.73. The first-order valence-electron chi connectivity index (χ1n) is 6.17. The third kappa shape index (κ3) is 5.18. The van der Waals surface area contributed by atoms with E-state index in [4.69, 9.17) is 4.74 Å². The molecule has 0 bridgehead atoms. The van der Waals surface area contributed by atoms with Crippen LogP contribution in [-0.4, -0.2) is 42.0 Å². The zero-order valence-corrected chi connectivity index (χ0v) is 11.6. The molecule has 6 nitrogen and oxygen atoms in total. The molecule has 2 N–H and O–H groups in total. The zero-order valence-electron chi connectivity index (χ0n) is 11.6. The molecule has 1 rings (SSSR count). The minimum atomic E-state index is 0.224. The summed E-state index contributed by atoms with van der Waals surface area (Å²) >= 11 is 0. The van der Waals surface area contributed by atoms with Crippen LogP contribution in [0.3, 0.4) is 0 Å². The van der Waals surface area contributed by atoms with Crippen molar-refractivity contribution in [3.05, 3.63) is 18.0 Å². The number of aryl methyl sites for hydroxylation is 1. The van der Waals surface area contributed by atoms with E-state index in [-0.39, 0.29) is 6.04 Å². The van der Waals surface area contributed by atoms with E-state index in [0.29, 0.717) is 13.2 Å². The lowest BCUT2D eigenvalue weighted by Crippen LogP contribution is -2.43. The van der Waals surface area contributed by atoms with Crippen LogP contribution in [0.25, 0.3) is 0 Å². The van der Waals surface area contributed by atoms with Crippen LogP contribution in [0.5, 0.6) is 0 Å². The fourth-order valence-corrected chi connectivity index (χ4v) is 1.57. The fraction of sp³-hybridized carbons (Fsp3) is 0.667. The van der Waals surface area contributed by atoms with E-state index in [1.807, 2.05) is 26.4 Å². The van der Waals surface area contributed by atoms with Gasteiger partial charge in [-0.05, 0) is 13.8 Å². The Morgan fingerprint density at radius 3 is 2.94 bits per heavy atom. The van der Waals surface area contributed by atoms with Crippen molar-refractivity contribution in [2.24, 2.45) is 12.0 Å². The lowest BCUT2D eigenvalue weighted by molar-refractivity contribution is 0.179. The lowest BCUT2D eigenvalue weighted by Gasteiger charge is -2.16. The van der Waals surface area contributed by atoms with Crippen LogP contribution in [0.4, 0.5) is 0 Å². The third-order valence-corrected chi connectivity index (χ3v) is 2.32. The highest BCUT2D eigenvalue weighted by Gasteiger charge is 2.04. The molecule has 0 aliphatic carbocycles. The van der Waals surface area contributed by atoms with Crippen LogP contribution in [0.2, 0.25) is 0 Å². The predicted molar refractivity (Wildman–Crippen MR) is 72.5 cm³/mol. The number of methoxy groups -OCH3 is 1. The Hall–Kier alpha value is -1.56. The second kappa shape index (κ2) is 7.71. The monoisotopic (exact) mass is 253 g/mol. The largest absolute Gasteiger partial charge is 0.383 e. The summed E-state index contributed by atoms with van der Waals surface area (Å²) in [6, 6.07) is 0.224. The number of nitrogens with one attached hydrogen (secondary N) is 2. The van der Waals surface area contributed by atoms with Crippen LogP contribution in [0.1, 0.15) is 19.4 Å². The number of ether oxygens (including phenoxy) is 1. The van der Waals surface area contributed by atoms with Gasteiger partial charge in [0.15, 0.2) is 5.96 Å². The number of aliphatic imine (C=N–C) groups is 1. The van der Waals surface area contributed by atoms with Gasteiger partial charge in [0.2, 0.25) is 0 Å².